The van der Waals surface area contributed by atoms with Gasteiger partial charge in [0.25, 0.3) is 0 Å². The number of ether oxygens (including phenoxy) is 3. The minimum atomic E-state index is -4.83. The Morgan fingerprint density at radius 2 is 1.94 bits per heavy atom. The molecule has 0 bridgehead atoms. The van der Waals surface area contributed by atoms with Crippen LogP contribution in [0.4, 0.5) is 13.2 Å². The highest BCUT2D eigenvalue weighted by molar-refractivity contribution is 5.55. The van der Waals surface area contributed by atoms with Crippen LogP contribution in [0.2, 0.25) is 0 Å². The fraction of sp³-hybridized carbons (Fsp3) is 0.273. The Kier molecular flexibility index (Phi) is 5.44. The van der Waals surface area contributed by atoms with Crippen molar-refractivity contribution in [2.75, 3.05) is 13.7 Å². The van der Waals surface area contributed by atoms with E-state index in [1.807, 2.05) is 19.2 Å². The van der Waals surface area contributed by atoms with E-state index in [-0.39, 0.29) is 17.9 Å². The van der Waals surface area contributed by atoms with Crippen molar-refractivity contribution in [2.45, 2.75) is 25.9 Å². The minimum Gasteiger partial charge on any atom is -0.479 e. The monoisotopic (exact) mass is 472 g/mol. The molecule has 0 saturated carbocycles. The van der Waals surface area contributed by atoms with Gasteiger partial charge in [0.2, 0.25) is 5.88 Å². The van der Waals surface area contributed by atoms with Gasteiger partial charge in [-0.1, -0.05) is 18.2 Å². The van der Waals surface area contributed by atoms with Crippen molar-refractivity contribution in [3.8, 4) is 28.8 Å². The van der Waals surface area contributed by atoms with Gasteiger partial charge in [0.1, 0.15) is 23.2 Å². The van der Waals surface area contributed by atoms with Crippen molar-refractivity contribution in [1.29, 1.82) is 0 Å². The number of nitrogens with zero attached hydrogens (tertiary/aromatic N) is 6. The number of benzene rings is 1. The third kappa shape index (κ3) is 4.19. The third-order valence-corrected chi connectivity index (χ3v) is 5.20. The number of halogens is 3. The molecule has 0 amide bonds. The van der Waals surface area contributed by atoms with Gasteiger partial charge in [-0.05, 0) is 25.1 Å². The number of alkyl halides is 3. The zero-order chi connectivity index (χ0) is 23.9. The van der Waals surface area contributed by atoms with Gasteiger partial charge in [0, 0.05) is 11.8 Å². The van der Waals surface area contributed by atoms with E-state index in [1.165, 1.54) is 25.3 Å². The standard InChI is InChI=1S/C22H19F3N6O3/c1-13-11-30(12-26-13)16-8-7-15(27-21(16)32-2)19-28-20-18(33-10-9-31(20)29-19)14-5-3-4-6-17(14)34-22(23,24)25/h3-8,11-12,18H,9-10H2,1-2H3. The molecule has 1 aromatic carbocycles. The maximum Gasteiger partial charge on any atom is 0.573 e. The molecule has 1 unspecified atom stereocenters. The summed E-state index contributed by atoms with van der Waals surface area (Å²) >= 11 is 0. The van der Waals surface area contributed by atoms with Crippen molar-refractivity contribution < 1.29 is 27.4 Å². The fourth-order valence-electron chi connectivity index (χ4n) is 3.75. The molecule has 0 fully saturated rings. The lowest BCUT2D eigenvalue weighted by atomic mass is 10.1. The number of pyridine rings is 1. The van der Waals surface area contributed by atoms with Crippen LogP contribution in [0.25, 0.3) is 17.2 Å². The molecule has 0 saturated heterocycles. The summed E-state index contributed by atoms with van der Waals surface area (Å²) in [6, 6.07) is 9.38. The van der Waals surface area contributed by atoms with Crippen LogP contribution < -0.4 is 9.47 Å². The first kappa shape index (κ1) is 21.9. The van der Waals surface area contributed by atoms with Gasteiger partial charge < -0.3 is 18.8 Å². The van der Waals surface area contributed by atoms with E-state index in [4.69, 9.17) is 9.47 Å². The molecular weight excluding hydrogens is 453 g/mol. The Hall–Kier alpha value is -3.93. The summed E-state index contributed by atoms with van der Waals surface area (Å²) in [6.07, 6.45) is -2.22. The van der Waals surface area contributed by atoms with Crippen molar-refractivity contribution in [2.24, 2.45) is 0 Å². The van der Waals surface area contributed by atoms with Crippen LogP contribution in [-0.2, 0) is 11.3 Å². The first-order valence-electron chi connectivity index (χ1n) is 10.3. The van der Waals surface area contributed by atoms with Crippen LogP contribution in [0.15, 0.2) is 48.9 Å². The summed E-state index contributed by atoms with van der Waals surface area (Å²) in [5.74, 6) is 0.651. The van der Waals surface area contributed by atoms with Crippen molar-refractivity contribution >= 4 is 0 Å². The highest BCUT2D eigenvalue weighted by Gasteiger charge is 2.35. The molecule has 0 aliphatic carbocycles. The van der Waals surface area contributed by atoms with Crippen LogP contribution in [0.1, 0.15) is 23.2 Å². The number of hydrogen-bond acceptors (Lipinski definition) is 7. The van der Waals surface area contributed by atoms with Crippen LogP contribution in [-0.4, -0.2) is 49.4 Å². The predicted octanol–water partition coefficient (Wildman–Crippen LogP) is 3.86. The van der Waals surface area contributed by atoms with Crippen LogP contribution >= 0.6 is 0 Å². The second-order valence-corrected chi connectivity index (χ2v) is 7.50. The summed E-state index contributed by atoms with van der Waals surface area (Å²) in [6.45, 7) is 2.52. The van der Waals surface area contributed by atoms with Crippen LogP contribution in [0.3, 0.4) is 0 Å². The fourth-order valence-corrected chi connectivity index (χ4v) is 3.75. The summed E-state index contributed by atoms with van der Waals surface area (Å²) in [4.78, 5) is 13.3. The zero-order valence-corrected chi connectivity index (χ0v) is 18.2. The summed E-state index contributed by atoms with van der Waals surface area (Å²) in [5, 5.41) is 4.51. The first-order valence-corrected chi connectivity index (χ1v) is 10.3. The second kappa shape index (κ2) is 8.45. The van der Waals surface area contributed by atoms with Gasteiger partial charge in [-0.25, -0.2) is 19.6 Å². The van der Waals surface area contributed by atoms with E-state index in [2.05, 4.69) is 24.8 Å². The van der Waals surface area contributed by atoms with Gasteiger partial charge >= 0.3 is 6.36 Å². The van der Waals surface area contributed by atoms with E-state index in [1.54, 1.807) is 27.7 Å². The topological polar surface area (TPSA) is 89.1 Å². The minimum absolute atomic E-state index is 0.205. The molecule has 0 spiro atoms. The molecule has 9 nitrogen and oxygen atoms in total. The molecule has 4 heterocycles. The molecule has 3 aromatic heterocycles. The smallest absolute Gasteiger partial charge is 0.479 e. The second-order valence-electron chi connectivity index (χ2n) is 7.50. The Morgan fingerprint density at radius 1 is 1.12 bits per heavy atom. The van der Waals surface area contributed by atoms with Gasteiger partial charge in [0.05, 0.1) is 32.3 Å². The zero-order valence-electron chi connectivity index (χ0n) is 18.2. The van der Waals surface area contributed by atoms with Crippen LogP contribution in [0.5, 0.6) is 11.6 Å². The molecule has 34 heavy (non-hydrogen) atoms. The average Bonchev–Trinajstić information content (AvgIpc) is 3.44. The number of aryl methyl sites for hydroxylation is 1. The molecular formula is C22H19F3N6O3. The molecule has 5 rings (SSSR count). The molecule has 1 atom stereocenters. The highest BCUT2D eigenvalue weighted by Crippen LogP contribution is 2.37. The van der Waals surface area contributed by atoms with Crippen molar-refractivity contribution in [1.82, 2.24) is 29.3 Å². The van der Waals surface area contributed by atoms with E-state index in [0.29, 0.717) is 35.5 Å². The van der Waals surface area contributed by atoms with Gasteiger partial charge in [-0.15, -0.1) is 18.3 Å². The summed E-state index contributed by atoms with van der Waals surface area (Å²) < 4.78 is 57.6. The Morgan fingerprint density at radius 3 is 2.68 bits per heavy atom. The SMILES string of the molecule is COc1nc(-c2nc3n(n2)CCOC3c2ccccc2OC(F)(F)F)ccc1-n1cnc(C)c1. The van der Waals surface area contributed by atoms with Crippen LogP contribution in [0, 0.1) is 6.92 Å². The molecule has 176 valence electrons. The number of hydrogen-bond donors (Lipinski definition) is 0. The first-order chi connectivity index (χ1) is 16.3. The van der Waals surface area contributed by atoms with E-state index in [0.717, 1.165) is 5.69 Å². The highest BCUT2D eigenvalue weighted by atomic mass is 19.4. The van der Waals surface area contributed by atoms with Gasteiger partial charge in [-0.2, -0.15) is 0 Å². The van der Waals surface area contributed by atoms with E-state index >= 15 is 0 Å². The Bertz CT molecular complexity index is 1330. The third-order valence-electron chi connectivity index (χ3n) is 5.20. The number of rotatable bonds is 5. The molecule has 1 aliphatic rings. The number of methoxy groups -OCH3 is 1. The lowest BCUT2D eigenvalue weighted by Crippen LogP contribution is -2.25. The lowest BCUT2D eigenvalue weighted by Gasteiger charge is -2.25. The lowest BCUT2D eigenvalue weighted by molar-refractivity contribution is -0.275. The number of para-hydroxylation sites is 1. The van der Waals surface area contributed by atoms with E-state index < -0.39 is 12.5 Å². The molecule has 1 aliphatic heterocycles. The van der Waals surface area contributed by atoms with Gasteiger partial charge in [-0.3, -0.25) is 0 Å². The molecule has 0 N–H and O–H groups in total. The van der Waals surface area contributed by atoms with Gasteiger partial charge in [0.15, 0.2) is 11.6 Å². The van der Waals surface area contributed by atoms with E-state index in [9.17, 15) is 13.2 Å². The predicted molar refractivity (Wildman–Crippen MR) is 113 cm³/mol. The van der Waals surface area contributed by atoms with Crippen molar-refractivity contribution in [3.05, 3.63) is 66.0 Å². The number of aromatic nitrogens is 6. The maximum absolute atomic E-state index is 12.9. The number of imidazole rings is 1. The molecule has 12 heteroatoms. The molecule has 4 aromatic rings. The molecule has 0 radical (unpaired) electrons. The summed E-state index contributed by atoms with van der Waals surface area (Å²) in [7, 11) is 1.51. The van der Waals surface area contributed by atoms with Crippen molar-refractivity contribution in [3.63, 3.8) is 0 Å². The number of fused-ring (bicyclic) bond motifs is 1. The largest absolute Gasteiger partial charge is 0.573 e. The summed E-state index contributed by atoms with van der Waals surface area (Å²) in [5.41, 5.74) is 2.18. The maximum atomic E-state index is 12.9. The Labute approximate surface area is 191 Å². The Balaban J connectivity index is 1.52. The normalized spacial score (nSPS) is 15.7. The quantitative estimate of drug-likeness (QED) is 0.436. The average molecular weight is 472 g/mol.